The molecule has 0 spiro atoms. The molecule has 2 aromatic carbocycles. The number of ether oxygens (including phenoxy) is 3. The highest BCUT2D eigenvalue weighted by Crippen LogP contribution is 2.27. The van der Waals surface area contributed by atoms with Gasteiger partial charge < -0.3 is 24.4 Å². The van der Waals surface area contributed by atoms with Crippen molar-refractivity contribution >= 4 is 22.8 Å². The van der Waals surface area contributed by atoms with E-state index in [2.05, 4.69) is 15.6 Å². The Morgan fingerprint density at radius 3 is 2.71 bits per heavy atom. The van der Waals surface area contributed by atoms with Crippen LogP contribution >= 0.6 is 0 Å². The third kappa shape index (κ3) is 5.95. The summed E-state index contributed by atoms with van der Waals surface area (Å²) in [4.78, 5) is 28.8. The second-order valence-corrected chi connectivity index (χ2v) is 8.38. The highest BCUT2D eigenvalue weighted by molar-refractivity contribution is 5.89. The maximum Gasteiger partial charge on any atom is 0.247 e. The smallest absolute Gasteiger partial charge is 0.247 e. The lowest BCUT2D eigenvalue weighted by Crippen LogP contribution is -2.48. The van der Waals surface area contributed by atoms with Crippen molar-refractivity contribution in [3.63, 3.8) is 0 Å². The second-order valence-electron chi connectivity index (χ2n) is 8.38. The molecule has 0 bridgehead atoms. The van der Waals surface area contributed by atoms with Gasteiger partial charge in [0.2, 0.25) is 11.8 Å². The van der Waals surface area contributed by atoms with Crippen LogP contribution in [-0.4, -0.2) is 78.3 Å². The molecule has 1 N–H and O–H groups in total. The Labute approximate surface area is 204 Å². The van der Waals surface area contributed by atoms with E-state index in [9.17, 15) is 9.59 Å². The van der Waals surface area contributed by atoms with Crippen LogP contribution < -0.4 is 10.1 Å². The fourth-order valence-corrected chi connectivity index (χ4v) is 4.24. The van der Waals surface area contributed by atoms with Crippen molar-refractivity contribution in [2.45, 2.75) is 31.5 Å². The Hall–Kier alpha value is -3.50. The molecule has 1 saturated heterocycles. The molecule has 35 heavy (non-hydrogen) atoms. The first-order chi connectivity index (χ1) is 17.1. The maximum absolute atomic E-state index is 13.8. The summed E-state index contributed by atoms with van der Waals surface area (Å²) in [5.74, 6) is 0.124. The Bertz CT molecular complexity index is 1130. The van der Waals surface area contributed by atoms with Crippen molar-refractivity contribution in [2.75, 3.05) is 40.5 Å². The van der Waals surface area contributed by atoms with Crippen molar-refractivity contribution in [3.05, 3.63) is 54.1 Å². The molecule has 1 fully saturated rings. The summed E-state index contributed by atoms with van der Waals surface area (Å²) in [6, 6.07) is 13.8. The van der Waals surface area contributed by atoms with Crippen molar-refractivity contribution in [3.8, 4) is 5.75 Å². The summed E-state index contributed by atoms with van der Waals surface area (Å²) in [5, 5.41) is 11.2. The van der Waals surface area contributed by atoms with Crippen molar-refractivity contribution < 1.29 is 23.8 Å². The molecule has 4 rings (SSSR count). The molecule has 0 radical (unpaired) electrons. The molecule has 10 heteroatoms. The molecule has 1 aromatic heterocycles. The number of fused-ring (bicyclic) bond motifs is 1. The highest BCUT2D eigenvalue weighted by atomic mass is 16.5. The molecule has 10 nitrogen and oxygen atoms in total. The quantitative estimate of drug-likeness (QED) is 0.417. The fraction of sp³-hybridized carbons (Fsp3) is 0.440. The van der Waals surface area contributed by atoms with Gasteiger partial charge in [-0.2, -0.15) is 0 Å². The average Bonchev–Trinajstić information content (AvgIpc) is 3.54. The first kappa shape index (κ1) is 24.6. The summed E-state index contributed by atoms with van der Waals surface area (Å²) in [5.41, 5.74) is 2.13. The second kappa shape index (κ2) is 11.8. The number of carbonyl (C=O) groups excluding carboxylic acids is 2. The van der Waals surface area contributed by atoms with Crippen LogP contribution in [0.4, 0.5) is 0 Å². The van der Waals surface area contributed by atoms with E-state index in [0.717, 1.165) is 18.4 Å². The molecule has 0 saturated carbocycles. The minimum Gasteiger partial charge on any atom is -0.497 e. The minimum atomic E-state index is -0.857. The molecule has 2 heterocycles. The monoisotopic (exact) mass is 481 g/mol. The first-order valence-corrected chi connectivity index (χ1v) is 11.7. The van der Waals surface area contributed by atoms with Gasteiger partial charge in [0, 0.05) is 26.8 Å². The molecule has 186 valence electrons. The molecule has 1 aliphatic rings. The SMILES string of the molecule is COCCNC(=O)C(c1ccc(OC)cc1)N(CC1CCCO1)C(=O)Cn1nnc2ccccc21. The van der Waals surface area contributed by atoms with E-state index in [0.29, 0.717) is 43.1 Å². The zero-order valence-electron chi connectivity index (χ0n) is 20.1. The van der Waals surface area contributed by atoms with Gasteiger partial charge in [0.25, 0.3) is 0 Å². The number of rotatable bonds is 11. The lowest BCUT2D eigenvalue weighted by atomic mass is 10.0. The van der Waals surface area contributed by atoms with Crippen LogP contribution in [0.1, 0.15) is 24.4 Å². The van der Waals surface area contributed by atoms with Gasteiger partial charge in [0.1, 0.15) is 23.9 Å². The number of hydrogen-bond acceptors (Lipinski definition) is 7. The van der Waals surface area contributed by atoms with Gasteiger partial charge in [0.15, 0.2) is 0 Å². The number of benzene rings is 2. The van der Waals surface area contributed by atoms with Crippen LogP contribution in [0.15, 0.2) is 48.5 Å². The van der Waals surface area contributed by atoms with E-state index in [-0.39, 0.29) is 24.5 Å². The molecule has 2 atom stereocenters. The summed E-state index contributed by atoms with van der Waals surface area (Å²) in [6.45, 7) is 1.59. The molecule has 1 aliphatic heterocycles. The fourth-order valence-electron chi connectivity index (χ4n) is 4.24. The predicted octanol–water partition coefficient (Wildman–Crippen LogP) is 1.95. The third-order valence-electron chi connectivity index (χ3n) is 6.05. The van der Waals surface area contributed by atoms with Crippen molar-refractivity contribution in [2.24, 2.45) is 0 Å². The Kier molecular flexibility index (Phi) is 8.27. The molecule has 2 unspecified atom stereocenters. The van der Waals surface area contributed by atoms with Gasteiger partial charge >= 0.3 is 0 Å². The maximum atomic E-state index is 13.8. The Balaban J connectivity index is 1.66. The molecule has 0 aliphatic carbocycles. The molecular weight excluding hydrogens is 450 g/mol. The van der Waals surface area contributed by atoms with Gasteiger partial charge in [0.05, 0.1) is 25.3 Å². The van der Waals surface area contributed by atoms with Gasteiger partial charge in [-0.15, -0.1) is 5.10 Å². The van der Waals surface area contributed by atoms with Crippen molar-refractivity contribution in [1.82, 2.24) is 25.2 Å². The highest BCUT2D eigenvalue weighted by Gasteiger charge is 2.34. The summed E-state index contributed by atoms with van der Waals surface area (Å²) < 4.78 is 17.8. The minimum absolute atomic E-state index is 0.0504. The van der Waals surface area contributed by atoms with Gasteiger partial charge in [-0.05, 0) is 42.7 Å². The van der Waals surface area contributed by atoms with E-state index in [4.69, 9.17) is 14.2 Å². The van der Waals surface area contributed by atoms with E-state index < -0.39 is 6.04 Å². The third-order valence-corrected chi connectivity index (χ3v) is 6.05. The predicted molar refractivity (Wildman–Crippen MR) is 129 cm³/mol. The topological polar surface area (TPSA) is 108 Å². The zero-order chi connectivity index (χ0) is 24.6. The van der Waals surface area contributed by atoms with Gasteiger partial charge in [-0.1, -0.05) is 29.5 Å². The summed E-state index contributed by atoms with van der Waals surface area (Å²) in [7, 11) is 3.16. The zero-order valence-corrected chi connectivity index (χ0v) is 20.1. The van der Waals surface area contributed by atoms with Crippen LogP contribution in [0.5, 0.6) is 5.75 Å². The Morgan fingerprint density at radius 1 is 1.20 bits per heavy atom. The van der Waals surface area contributed by atoms with Crippen molar-refractivity contribution in [1.29, 1.82) is 0 Å². The first-order valence-electron chi connectivity index (χ1n) is 11.7. The molecular formula is C25H31N5O5. The number of amides is 2. The standard InChI is InChI=1S/C25H31N5O5/c1-33-15-13-26-25(32)24(18-9-11-19(34-2)12-10-18)29(16-20-6-5-14-35-20)23(31)17-30-22-8-4-3-7-21(22)27-28-30/h3-4,7-12,20,24H,5-6,13-17H2,1-2H3,(H,26,32). The number of carbonyl (C=O) groups is 2. The van der Waals surface area contributed by atoms with Crippen LogP contribution in [0.2, 0.25) is 0 Å². The normalized spacial score (nSPS) is 16.2. The number of hydrogen-bond donors (Lipinski definition) is 1. The number of nitrogens with one attached hydrogen (secondary N) is 1. The van der Waals surface area contributed by atoms with Gasteiger partial charge in [-0.3, -0.25) is 9.59 Å². The van der Waals surface area contributed by atoms with E-state index in [1.807, 2.05) is 24.3 Å². The molecule has 2 amide bonds. The van der Waals surface area contributed by atoms with E-state index in [1.165, 1.54) is 0 Å². The van der Waals surface area contributed by atoms with Gasteiger partial charge in [-0.25, -0.2) is 4.68 Å². The Morgan fingerprint density at radius 2 is 2.00 bits per heavy atom. The van der Waals surface area contributed by atoms with E-state index in [1.54, 1.807) is 48.1 Å². The number of aromatic nitrogens is 3. The number of methoxy groups -OCH3 is 2. The van der Waals surface area contributed by atoms with Crippen LogP contribution in [0, 0.1) is 0 Å². The summed E-state index contributed by atoms with van der Waals surface area (Å²) >= 11 is 0. The lowest BCUT2D eigenvalue weighted by Gasteiger charge is -2.33. The van der Waals surface area contributed by atoms with Crippen LogP contribution in [-0.2, 0) is 25.6 Å². The largest absolute Gasteiger partial charge is 0.497 e. The van der Waals surface area contributed by atoms with E-state index >= 15 is 0 Å². The van der Waals surface area contributed by atoms with Crippen LogP contribution in [0.3, 0.4) is 0 Å². The lowest BCUT2D eigenvalue weighted by molar-refractivity contribution is -0.143. The van der Waals surface area contributed by atoms with Crippen LogP contribution in [0.25, 0.3) is 11.0 Å². The average molecular weight is 482 g/mol. The number of nitrogens with zero attached hydrogens (tertiary/aromatic N) is 4. The summed E-state index contributed by atoms with van der Waals surface area (Å²) in [6.07, 6.45) is 1.61. The molecule has 3 aromatic rings. The number of para-hydroxylation sites is 1.